The molecule has 3 aromatic rings. The normalized spacial score (nSPS) is 13.3. The number of benzene rings is 2. The molecule has 2 aromatic carbocycles. The van der Waals surface area contributed by atoms with E-state index in [2.05, 4.69) is 10.3 Å². The van der Waals surface area contributed by atoms with Crippen LogP contribution in [0.25, 0.3) is 10.9 Å². The van der Waals surface area contributed by atoms with E-state index in [0.29, 0.717) is 16.5 Å². The molecule has 0 bridgehead atoms. The van der Waals surface area contributed by atoms with Gasteiger partial charge in [-0.2, -0.15) is 0 Å². The third-order valence-corrected chi connectivity index (χ3v) is 6.58. The number of carbonyl (C=O) groups excluding carboxylic acids is 1. The first-order valence-electron chi connectivity index (χ1n) is 11.5. The van der Waals surface area contributed by atoms with Gasteiger partial charge < -0.3 is 15.4 Å². The number of rotatable bonds is 6. The summed E-state index contributed by atoms with van der Waals surface area (Å²) in [4.78, 5) is 29.1. The molecule has 0 atom stereocenters. The van der Waals surface area contributed by atoms with Crippen molar-refractivity contribution in [3.63, 3.8) is 0 Å². The lowest BCUT2D eigenvalue weighted by molar-refractivity contribution is 0.102. The van der Waals surface area contributed by atoms with Gasteiger partial charge in [0.2, 0.25) is 5.43 Å². The highest BCUT2D eigenvalue weighted by atomic mass is 16.3. The summed E-state index contributed by atoms with van der Waals surface area (Å²) in [6.45, 7) is 5.43. The fraction of sp³-hybridized carbons (Fsp3) is 0.333. The highest BCUT2D eigenvalue weighted by molar-refractivity contribution is 6.70. The molecular formula is C24H19B9N2O3. The van der Waals surface area contributed by atoms with Crippen LogP contribution >= 0.6 is 0 Å². The number of hydrogen-bond donors (Lipinski definition) is 3. The van der Waals surface area contributed by atoms with Crippen molar-refractivity contribution in [1.82, 2.24) is 4.98 Å². The van der Waals surface area contributed by atoms with E-state index in [-0.39, 0.29) is 16.8 Å². The zero-order chi connectivity index (χ0) is 29.1. The number of carbonyl (C=O) groups is 1. The fourth-order valence-corrected chi connectivity index (χ4v) is 4.96. The van der Waals surface area contributed by atoms with Crippen molar-refractivity contribution in [1.29, 1.82) is 0 Å². The van der Waals surface area contributed by atoms with Crippen LogP contribution in [0.4, 0.5) is 5.69 Å². The van der Waals surface area contributed by atoms with Crippen LogP contribution in [-0.2, 0) is 10.8 Å². The molecule has 170 valence electrons. The molecule has 0 spiro atoms. The molecule has 38 heavy (non-hydrogen) atoms. The number of para-hydroxylation sites is 1. The van der Waals surface area contributed by atoms with Gasteiger partial charge in [0.05, 0.1) is 70.6 Å². The van der Waals surface area contributed by atoms with Crippen LogP contribution in [0.15, 0.2) is 47.4 Å². The third-order valence-electron chi connectivity index (χ3n) is 6.58. The Morgan fingerprint density at radius 2 is 1.37 bits per heavy atom. The van der Waals surface area contributed by atoms with Crippen molar-refractivity contribution in [3.05, 3.63) is 69.5 Å². The van der Waals surface area contributed by atoms with Gasteiger partial charge in [0.15, 0.2) is 0 Å². The second-order valence-electron chi connectivity index (χ2n) is 10.7. The SMILES string of the molecule is [B]C([B])([B])C(c1cc(C(C)(C)C)c(NC(=O)c2c[nH]c3ccccc3c2=O)cc1O)(C([B])([B])[B])C([B])([B])[B]. The number of phenolic OH excluding ortho intramolecular Hbond substituents is 1. The second kappa shape index (κ2) is 9.60. The maximum absolute atomic E-state index is 13.2. The van der Waals surface area contributed by atoms with Crippen molar-refractivity contribution in [2.75, 3.05) is 5.32 Å². The number of aromatic nitrogens is 1. The van der Waals surface area contributed by atoms with Gasteiger partial charge in [0.25, 0.3) is 5.91 Å². The minimum Gasteiger partial charge on any atom is -0.508 e. The van der Waals surface area contributed by atoms with E-state index < -0.39 is 43.3 Å². The number of nitrogens with one attached hydrogen (secondary N) is 2. The molecule has 5 nitrogen and oxygen atoms in total. The summed E-state index contributed by atoms with van der Waals surface area (Å²) in [7, 11) is 54.5. The summed E-state index contributed by atoms with van der Waals surface area (Å²) in [5.41, 5.74) is -2.93. The first-order chi connectivity index (χ1) is 17.1. The lowest BCUT2D eigenvalue weighted by atomic mass is 9.09. The third kappa shape index (κ3) is 4.96. The van der Waals surface area contributed by atoms with Crippen molar-refractivity contribution in [3.8, 4) is 5.75 Å². The zero-order valence-corrected chi connectivity index (χ0v) is 21.5. The first-order valence-corrected chi connectivity index (χ1v) is 11.5. The molecule has 0 saturated heterocycles. The van der Waals surface area contributed by atoms with Crippen LogP contribution in [0.1, 0.15) is 42.3 Å². The van der Waals surface area contributed by atoms with E-state index >= 15 is 0 Å². The highest BCUT2D eigenvalue weighted by Crippen LogP contribution is 2.64. The van der Waals surface area contributed by atoms with Gasteiger partial charge in [0.1, 0.15) is 11.3 Å². The van der Waals surface area contributed by atoms with Gasteiger partial charge in [-0.1, -0.05) is 38.3 Å². The van der Waals surface area contributed by atoms with Gasteiger partial charge in [0, 0.05) is 28.9 Å². The molecule has 14 heteroatoms. The van der Waals surface area contributed by atoms with Crippen molar-refractivity contribution >= 4 is 93.1 Å². The number of aromatic hydroxyl groups is 1. The average molecular weight is 481 g/mol. The van der Waals surface area contributed by atoms with E-state index in [0.717, 1.165) is 0 Å². The summed E-state index contributed by atoms with van der Waals surface area (Å²) in [6, 6.07) is 9.28. The van der Waals surface area contributed by atoms with Gasteiger partial charge in [-0.25, -0.2) is 0 Å². The smallest absolute Gasteiger partial charge is 0.261 e. The molecule has 1 amide bonds. The van der Waals surface area contributed by atoms with Gasteiger partial charge in [-0.15, -0.1) is 15.3 Å². The number of amides is 1. The van der Waals surface area contributed by atoms with Crippen LogP contribution in [0.3, 0.4) is 0 Å². The van der Waals surface area contributed by atoms with Crippen LogP contribution < -0.4 is 10.7 Å². The monoisotopic (exact) mass is 482 g/mol. The van der Waals surface area contributed by atoms with Crippen molar-refractivity contribution in [2.24, 2.45) is 0 Å². The number of aromatic amines is 1. The van der Waals surface area contributed by atoms with E-state index in [4.69, 9.17) is 70.6 Å². The van der Waals surface area contributed by atoms with Gasteiger partial charge >= 0.3 is 0 Å². The summed E-state index contributed by atoms with van der Waals surface area (Å²) in [5.74, 6) is -1.31. The molecule has 0 aliphatic heterocycles. The molecular weight excluding hydrogens is 462 g/mol. The number of hydrogen-bond acceptors (Lipinski definition) is 3. The molecule has 0 aliphatic carbocycles. The Bertz CT molecular complexity index is 1410. The quantitative estimate of drug-likeness (QED) is 0.456. The Morgan fingerprint density at radius 1 is 0.842 bits per heavy atom. The topological polar surface area (TPSA) is 82.2 Å². The zero-order valence-electron chi connectivity index (χ0n) is 21.5. The van der Waals surface area contributed by atoms with Crippen LogP contribution in [0.5, 0.6) is 5.75 Å². The lowest BCUT2D eigenvalue weighted by Gasteiger charge is -2.65. The number of fused-ring (bicyclic) bond motifs is 1. The van der Waals surface area contributed by atoms with Crippen LogP contribution in [0.2, 0.25) is 15.3 Å². The maximum atomic E-state index is 13.2. The van der Waals surface area contributed by atoms with Gasteiger partial charge in [-0.05, 0) is 34.7 Å². The molecule has 18 radical (unpaired) electrons. The predicted octanol–water partition coefficient (Wildman–Crippen LogP) is 0.759. The second-order valence-corrected chi connectivity index (χ2v) is 10.7. The largest absolute Gasteiger partial charge is 0.508 e. The van der Waals surface area contributed by atoms with E-state index in [1.165, 1.54) is 18.3 Å². The Balaban J connectivity index is 2.27. The van der Waals surface area contributed by atoms with E-state index in [1.807, 2.05) is 20.8 Å². The maximum Gasteiger partial charge on any atom is 0.261 e. The number of phenols is 1. The standard InChI is InChI=1S/C24H19B9N2O3/c1-20(2,3)13-8-14(21(22(25,26)27,23(28,29)30)24(31,32)33)17(36)9-16(13)35-19(38)12-10-34-15-7-5-4-6-11(15)18(12)37/h4-10,36H,1-3H3,(H,34,37)(H,35,38). The molecule has 0 aliphatic rings. The van der Waals surface area contributed by atoms with E-state index in [9.17, 15) is 14.7 Å². The van der Waals surface area contributed by atoms with Crippen molar-refractivity contribution < 1.29 is 9.90 Å². The number of H-pyrrole nitrogens is 1. The summed E-state index contributed by atoms with van der Waals surface area (Å²) in [5, 5.41) is 6.80. The summed E-state index contributed by atoms with van der Waals surface area (Å²) >= 11 is 0. The highest BCUT2D eigenvalue weighted by Gasteiger charge is 2.56. The Kier molecular flexibility index (Phi) is 7.60. The number of pyridine rings is 1. The predicted molar refractivity (Wildman–Crippen MR) is 161 cm³/mol. The van der Waals surface area contributed by atoms with E-state index in [1.54, 1.807) is 24.3 Å². The minimum absolute atomic E-state index is 0.134. The summed E-state index contributed by atoms with van der Waals surface area (Å²) in [6.07, 6.45) is 1.30. The molecule has 0 saturated carbocycles. The Labute approximate surface area is 235 Å². The van der Waals surface area contributed by atoms with Crippen LogP contribution in [0, 0.1) is 0 Å². The first kappa shape index (κ1) is 30.1. The molecule has 1 aromatic heterocycles. The molecule has 1 heterocycles. The average Bonchev–Trinajstić information content (AvgIpc) is 2.72. The minimum atomic E-state index is -2.46. The summed E-state index contributed by atoms with van der Waals surface area (Å²) < 4.78 is 0. The Morgan fingerprint density at radius 3 is 1.87 bits per heavy atom. The fourth-order valence-electron chi connectivity index (χ4n) is 4.96. The van der Waals surface area contributed by atoms with Gasteiger partial charge in [-0.3, -0.25) is 9.59 Å². The molecule has 3 N–H and O–H groups in total. The Hall–Kier alpha value is -2.50. The molecule has 0 fully saturated rings. The molecule has 0 unspecified atom stereocenters. The van der Waals surface area contributed by atoms with Crippen LogP contribution in [-0.4, -0.2) is 86.6 Å². The lowest BCUT2D eigenvalue weighted by Crippen LogP contribution is -2.60. The van der Waals surface area contributed by atoms with Crippen molar-refractivity contribution in [2.45, 2.75) is 46.9 Å². The number of anilines is 1. The molecule has 3 rings (SSSR count).